The van der Waals surface area contributed by atoms with Gasteiger partial charge >= 0.3 is 0 Å². The van der Waals surface area contributed by atoms with Crippen LogP contribution in [0.1, 0.15) is 0 Å². The van der Waals surface area contributed by atoms with Crippen molar-refractivity contribution in [3.8, 4) is 11.5 Å². The average Bonchev–Trinajstić information content (AvgIpc) is 2.63. The van der Waals surface area contributed by atoms with E-state index in [2.05, 4.69) is 11.2 Å². The second-order valence-electron chi connectivity index (χ2n) is 5.24. The normalized spacial score (nSPS) is 10.0. The SMILES string of the molecule is OP(O)Cl.Oc1cccc2ccccc12.Oc1cccc2ccccc12. The predicted molar refractivity (Wildman–Crippen MR) is 108 cm³/mol. The van der Waals surface area contributed by atoms with Crippen molar-refractivity contribution >= 4 is 40.5 Å². The molecule has 0 saturated carbocycles. The Bertz CT molecular complexity index is 885. The van der Waals surface area contributed by atoms with Crippen LogP contribution >= 0.6 is 19.0 Å². The molecule has 0 aliphatic heterocycles. The Morgan fingerprint density at radius 1 is 0.538 bits per heavy atom. The Morgan fingerprint density at radius 2 is 0.846 bits per heavy atom. The standard InChI is InChI=1S/2C10H8O.ClH2O2P/c2*11-10-7-3-5-8-4-1-2-6-9(8)10;1-4(2)3/h2*1-7,11H;2-3H. The van der Waals surface area contributed by atoms with Gasteiger partial charge in [0.25, 0.3) is 7.73 Å². The molecule has 0 fully saturated rings. The zero-order chi connectivity index (χ0) is 18.9. The van der Waals surface area contributed by atoms with Crippen LogP contribution in [0.15, 0.2) is 84.9 Å². The molecule has 0 unspecified atom stereocenters. The first-order valence-corrected chi connectivity index (χ1v) is 9.81. The number of halogens is 1. The van der Waals surface area contributed by atoms with Crippen LogP contribution in [0.2, 0.25) is 0 Å². The fraction of sp³-hybridized carbons (Fsp3) is 0. The summed E-state index contributed by atoms with van der Waals surface area (Å²) in [4.78, 5) is 14.9. The zero-order valence-electron chi connectivity index (χ0n) is 13.7. The van der Waals surface area contributed by atoms with Crippen molar-refractivity contribution in [2.45, 2.75) is 0 Å². The van der Waals surface area contributed by atoms with Gasteiger partial charge in [-0.2, -0.15) is 0 Å². The van der Waals surface area contributed by atoms with Crippen LogP contribution < -0.4 is 0 Å². The fourth-order valence-corrected chi connectivity index (χ4v) is 2.42. The topological polar surface area (TPSA) is 80.9 Å². The van der Waals surface area contributed by atoms with Gasteiger partial charge in [0.1, 0.15) is 11.5 Å². The van der Waals surface area contributed by atoms with Crippen molar-refractivity contribution in [3.05, 3.63) is 84.9 Å². The molecule has 0 saturated heterocycles. The number of hydrogen-bond acceptors (Lipinski definition) is 4. The minimum absolute atomic E-state index is 0.350. The summed E-state index contributed by atoms with van der Waals surface area (Å²) in [5.41, 5.74) is 0. The molecule has 0 aliphatic carbocycles. The molecule has 4 rings (SSSR count). The molecule has 6 heteroatoms. The first kappa shape index (κ1) is 20.0. The lowest BCUT2D eigenvalue weighted by molar-refractivity contribution is 0.481. The quantitative estimate of drug-likeness (QED) is 0.299. The van der Waals surface area contributed by atoms with Gasteiger partial charge in [-0.25, -0.2) is 0 Å². The van der Waals surface area contributed by atoms with E-state index in [1.54, 1.807) is 12.1 Å². The molecule has 134 valence electrons. The summed E-state index contributed by atoms with van der Waals surface area (Å²) in [6, 6.07) is 26.6. The smallest absolute Gasteiger partial charge is 0.271 e. The lowest BCUT2D eigenvalue weighted by atomic mass is 10.1. The van der Waals surface area contributed by atoms with Gasteiger partial charge in [-0.3, -0.25) is 0 Å². The fourth-order valence-electron chi connectivity index (χ4n) is 2.42. The first-order valence-electron chi connectivity index (χ1n) is 7.66. The van der Waals surface area contributed by atoms with E-state index >= 15 is 0 Å². The summed E-state index contributed by atoms with van der Waals surface area (Å²) < 4.78 is 0. The summed E-state index contributed by atoms with van der Waals surface area (Å²) in [6.45, 7) is 0. The molecule has 0 atom stereocenters. The van der Waals surface area contributed by atoms with Gasteiger partial charge in [0.2, 0.25) is 0 Å². The second-order valence-corrected chi connectivity index (χ2v) is 6.63. The van der Waals surface area contributed by atoms with Crippen molar-refractivity contribution < 1.29 is 20.0 Å². The summed E-state index contributed by atoms with van der Waals surface area (Å²) in [6.07, 6.45) is 0. The molecule has 4 N–H and O–H groups in total. The molecular formula is C20H18ClO4P. The summed E-state index contributed by atoms with van der Waals surface area (Å²) in [5.74, 6) is 0.700. The first-order chi connectivity index (χ1) is 12.5. The van der Waals surface area contributed by atoms with Crippen LogP contribution in [-0.4, -0.2) is 20.0 Å². The number of hydrogen-bond donors (Lipinski definition) is 4. The van der Waals surface area contributed by atoms with Crippen LogP contribution in [0.4, 0.5) is 0 Å². The third kappa shape index (κ3) is 5.87. The highest BCUT2D eigenvalue weighted by atomic mass is 35.7. The maximum Gasteiger partial charge on any atom is 0.271 e. The summed E-state index contributed by atoms with van der Waals surface area (Å²) in [5, 5.41) is 22.7. The molecule has 0 amide bonds. The van der Waals surface area contributed by atoms with Crippen LogP contribution in [0.3, 0.4) is 0 Å². The minimum atomic E-state index is -2.15. The lowest BCUT2D eigenvalue weighted by Gasteiger charge is -1.97. The van der Waals surface area contributed by atoms with Crippen LogP contribution in [0.5, 0.6) is 11.5 Å². The zero-order valence-corrected chi connectivity index (χ0v) is 15.3. The second kappa shape index (κ2) is 9.95. The molecular weight excluding hydrogens is 371 g/mol. The Labute approximate surface area is 157 Å². The van der Waals surface area contributed by atoms with Gasteiger partial charge < -0.3 is 20.0 Å². The van der Waals surface area contributed by atoms with Gasteiger partial charge in [0, 0.05) is 10.8 Å². The van der Waals surface area contributed by atoms with Crippen molar-refractivity contribution in [2.24, 2.45) is 0 Å². The highest BCUT2D eigenvalue weighted by Crippen LogP contribution is 2.28. The van der Waals surface area contributed by atoms with Crippen molar-refractivity contribution in [1.82, 2.24) is 0 Å². The monoisotopic (exact) mass is 388 g/mol. The van der Waals surface area contributed by atoms with Crippen LogP contribution in [-0.2, 0) is 0 Å². The third-order valence-electron chi connectivity index (χ3n) is 3.53. The molecule has 0 heterocycles. The number of phenols is 2. The van der Waals surface area contributed by atoms with E-state index in [0.29, 0.717) is 11.5 Å². The Morgan fingerprint density at radius 3 is 1.19 bits per heavy atom. The molecule has 4 nitrogen and oxygen atoms in total. The molecule has 4 aromatic rings. The maximum atomic E-state index is 9.37. The van der Waals surface area contributed by atoms with Gasteiger partial charge in [-0.05, 0) is 34.1 Å². The van der Waals surface area contributed by atoms with E-state index in [1.807, 2.05) is 72.8 Å². The molecule has 0 spiro atoms. The largest absolute Gasteiger partial charge is 0.507 e. The van der Waals surface area contributed by atoms with Gasteiger partial charge in [0.15, 0.2) is 0 Å². The highest BCUT2D eigenvalue weighted by molar-refractivity contribution is 7.74. The Balaban J connectivity index is 0.000000156. The number of aromatic hydroxyl groups is 2. The lowest BCUT2D eigenvalue weighted by Crippen LogP contribution is -1.70. The molecule has 0 aliphatic rings. The van der Waals surface area contributed by atoms with Crippen LogP contribution in [0.25, 0.3) is 21.5 Å². The number of fused-ring (bicyclic) bond motifs is 2. The van der Waals surface area contributed by atoms with Crippen molar-refractivity contribution in [3.63, 3.8) is 0 Å². The minimum Gasteiger partial charge on any atom is -0.507 e. The van der Waals surface area contributed by atoms with E-state index in [0.717, 1.165) is 21.5 Å². The van der Waals surface area contributed by atoms with E-state index in [4.69, 9.17) is 9.79 Å². The molecule has 26 heavy (non-hydrogen) atoms. The Hall–Kier alpha value is -2.36. The number of phenolic OH excluding ortho intramolecular Hbond substituents is 2. The van der Waals surface area contributed by atoms with Crippen molar-refractivity contribution in [1.29, 1.82) is 0 Å². The maximum absolute atomic E-state index is 9.37. The third-order valence-corrected chi connectivity index (χ3v) is 3.53. The predicted octanol–water partition coefficient (Wildman–Crippen LogP) is 5.53. The summed E-state index contributed by atoms with van der Waals surface area (Å²) >= 11 is 4.45. The highest BCUT2D eigenvalue weighted by Gasteiger charge is 1.95. The van der Waals surface area contributed by atoms with Gasteiger partial charge in [-0.15, -0.1) is 0 Å². The number of rotatable bonds is 0. The van der Waals surface area contributed by atoms with E-state index < -0.39 is 7.73 Å². The van der Waals surface area contributed by atoms with Gasteiger partial charge in [0.05, 0.1) is 0 Å². The summed E-state index contributed by atoms with van der Waals surface area (Å²) in [7, 11) is -2.15. The van der Waals surface area contributed by atoms with Crippen molar-refractivity contribution in [2.75, 3.05) is 0 Å². The molecule has 0 aromatic heterocycles. The molecule has 0 radical (unpaired) electrons. The van der Waals surface area contributed by atoms with E-state index in [-0.39, 0.29) is 0 Å². The van der Waals surface area contributed by atoms with Gasteiger partial charge in [-0.1, -0.05) is 72.8 Å². The molecule has 4 aromatic carbocycles. The number of benzene rings is 4. The average molecular weight is 389 g/mol. The Kier molecular flexibility index (Phi) is 7.64. The van der Waals surface area contributed by atoms with E-state index in [1.165, 1.54) is 0 Å². The molecule has 0 bridgehead atoms. The van der Waals surface area contributed by atoms with Crippen LogP contribution in [0, 0.1) is 0 Å². The van der Waals surface area contributed by atoms with E-state index in [9.17, 15) is 10.2 Å².